The van der Waals surface area contributed by atoms with Crippen molar-refractivity contribution in [3.63, 3.8) is 0 Å². The van der Waals surface area contributed by atoms with E-state index < -0.39 is 31.1 Å². The fraction of sp³-hybridized carbons (Fsp3) is 0. The van der Waals surface area contributed by atoms with Crippen LogP contribution in [0.2, 0.25) is 5.02 Å². The van der Waals surface area contributed by atoms with Crippen molar-refractivity contribution >= 4 is 70.8 Å². The fourth-order valence-electron chi connectivity index (χ4n) is 2.66. The van der Waals surface area contributed by atoms with Gasteiger partial charge in [-0.25, -0.2) is 8.42 Å². The SMILES string of the molecule is O=C(/C(=C\c1ccc(Cl)c([N+](=O)[O-])c1)S(=O)(=O)c1ccc(Br)cc1)c1ccc(Br)cc1. The Labute approximate surface area is 199 Å². The molecule has 0 N–H and O–H groups in total. The van der Waals surface area contributed by atoms with Crippen LogP contribution in [0.25, 0.3) is 6.08 Å². The van der Waals surface area contributed by atoms with E-state index >= 15 is 0 Å². The topological polar surface area (TPSA) is 94.3 Å². The number of carbonyl (C=O) groups is 1. The number of sulfone groups is 1. The number of carbonyl (C=O) groups excluding carboxylic acids is 1. The molecule has 158 valence electrons. The summed E-state index contributed by atoms with van der Waals surface area (Å²) in [6.45, 7) is 0. The molecule has 3 rings (SSSR count). The third-order valence-electron chi connectivity index (χ3n) is 4.21. The number of nitro benzene ring substituents is 1. The molecule has 0 unspecified atom stereocenters. The van der Waals surface area contributed by atoms with Crippen molar-refractivity contribution in [2.75, 3.05) is 0 Å². The molecule has 0 bridgehead atoms. The second-order valence-electron chi connectivity index (χ2n) is 6.27. The van der Waals surface area contributed by atoms with Gasteiger partial charge in [0, 0.05) is 20.6 Å². The molecule has 0 saturated carbocycles. The van der Waals surface area contributed by atoms with Crippen molar-refractivity contribution < 1.29 is 18.1 Å². The lowest BCUT2D eigenvalue weighted by atomic mass is 10.1. The fourth-order valence-corrected chi connectivity index (χ4v) is 4.78. The van der Waals surface area contributed by atoms with Crippen molar-refractivity contribution in [3.05, 3.63) is 107 Å². The Hall–Kier alpha value is -2.33. The van der Waals surface area contributed by atoms with E-state index in [1.165, 1.54) is 36.4 Å². The molecule has 10 heteroatoms. The number of allylic oxidation sites excluding steroid dienone is 1. The van der Waals surface area contributed by atoms with E-state index in [1.807, 2.05) is 0 Å². The molecule has 0 spiro atoms. The number of hydrogen-bond acceptors (Lipinski definition) is 5. The van der Waals surface area contributed by atoms with Crippen LogP contribution in [0.15, 0.2) is 85.5 Å². The molecule has 0 aliphatic carbocycles. The third kappa shape index (κ3) is 5.30. The van der Waals surface area contributed by atoms with Gasteiger partial charge in [-0.15, -0.1) is 0 Å². The van der Waals surface area contributed by atoms with Crippen molar-refractivity contribution in [2.24, 2.45) is 0 Å². The van der Waals surface area contributed by atoms with Crippen molar-refractivity contribution in [2.45, 2.75) is 4.90 Å². The number of ketones is 1. The average molecular weight is 586 g/mol. The van der Waals surface area contributed by atoms with Crippen LogP contribution in [0.5, 0.6) is 0 Å². The molecule has 3 aromatic carbocycles. The largest absolute Gasteiger partial charge is 0.288 e. The van der Waals surface area contributed by atoms with Gasteiger partial charge in [-0.05, 0) is 66.2 Å². The van der Waals surface area contributed by atoms with Crippen LogP contribution in [-0.4, -0.2) is 19.1 Å². The molecule has 3 aromatic rings. The van der Waals surface area contributed by atoms with E-state index in [9.17, 15) is 23.3 Å². The zero-order valence-electron chi connectivity index (χ0n) is 15.5. The summed E-state index contributed by atoms with van der Waals surface area (Å²) >= 11 is 12.4. The molecule has 0 atom stereocenters. The molecule has 0 saturated heterocycles. The Morgan fingerprint density at radius 1 is 0.935 bits per heavy atom. The quantitative estimate of drug-likeness (QED) is 0.143. The minimum absolute atomic E-state index is 0.0872. The monoisotopic (exact) mass is 583 g/mol. The van der Waals surface area contributed by atoms with Gasteiger partial charge in [0.25, 0.3) is 5.69 Å². The average Bonchev–Trinajstić information content (AvgIpc) is 2.73. The van der Waals surface area contributed by atoms with Crippen LogP contribution < -0.4 is 0 Å². The highest BCUT2D eigenvalue weighted by molar-refractivity contribution is 9.10. The Bertz CT molecular complexity index is 1300. The van der Waals surface area contributed by atoms with Gasteiger partial charge in [-0.3, -0.25) is 14.9 Å². The van der Waals surface area contributed by atoms with Crippen LogP contribution in [0.1, 0.15) is 15.9 Å². The normalized spacial score (nSPS) is 11.9. The first-order valence-electron chi connectivity index (χ1n) is 8.56. The van der Waals surface area contributed by atoms with Gasteiger partial charge < -0.3 is 0 Å². The van der Waals surface area contributed by atoms with Gasteiger partial charge >= 0.3 is 0 Å². The van der Waals surface area contributed by atoms with Crippen LogP contribution in [0, 0.1) is 10.1 Å². The van der Waals surface area contributed by atoms with Crippen molar-refractivity contribution in [1.29, 1.82) is 0 Å². The maximum absolute atomic E-state index is 13.3. The first-order valence-corrected chi connectivity index (χ1v) is 12.0. The Morgan fingerprint density at radius 2 is 1.48 bits per heavy atom. The summed E-state index contributed by atoms with van der Waals surface area (Å²) in [5, 5.41) is 11.1. The van der Waals surface area contributed by atoms with Crippen molar-refractivity contribution in [1.82, 2.24) is 0 Å². The van der Waals surface area contributed by atoms with E-state index in [4.69, 9.17) is 11.6 Å². The molecular weight excluding hydrogens is 574 g/mol. The highest BCUT2D eigenvalue weighted by Gasteiger charge is 2.28. The Kier molecular flexibility index (Phi) is 7.10. The Balaban J connectivity index is 2.21. The summed E-state index contributed by atoms with van der Waals surface area (Å²) in [6.07, 6.45) is 1.12. The summed E-state index contributed by atoms with van der Waals surface area (Å²) in [4.78, 5) is 23.1. The maximum atomic E-state index is 13.3. The van der Waals surface area contributed by atoms with Crippen LogP contribution >= 0.6 is 43.5 Å². The minimum atomic E-state index is -4.24. The highest BCUT2D eigenvalue weighted by Crippen LogP contribution is 2.30. The Morgan fingerprint density at radius 3 is 2.03 bits per heavy atom. The van der Waals surface area contributed by atoms with Crippen LogP contribution in [-0.2, 0) is 9.84 Å². The van der Waals surface area contributed by atoms with E-state index in [-0.39, 0.29) is 21.0 Å². The van der Waals surface area contributed by atoms with Gasteiger partial charge in [-0.2, -0.15) is 0 Å². The lowest BCUT2D eigenvalue weighted by molar-refractivity contribution is -0.384. The molecule has 0 aromatic heterocycles. The van der Waals surface area contributed by atoms with Gasteiger partial charge in [0.2, 0.25) is 15.6 Å². The van der Waals surface area contributed by atoms with Gasteiger partial charge in [0.05, 0.1) is 9.82 Å². The van der Waals surface area contributed by atoms with E-state index in [0.717, 1.165) is 16.6 Å². The van der Waals surface area contributed by atoms with Crippen LogP contribution in [0.4, 0.5) is 5.69 Å². The summed E-state index contributed by atoms with van der Waals surface area (Å²) in [7, 11) is -4.24. The molecule has 0 heterocycles. The smallest absolute Gasteiger partial charge is 0.288 e. The first kappa shape index (κ1) is 23.3. The van der Waals surface area contributed by atoms with Crippen LogP contribution in [0.3, 0.4) is 0 Å². The molecule has 0 radical (unpaired) electrons. The molecule has 6 nitrogen and oxygen atoms in total. The second-order valence-corrected chi connectivity index (χ2v) is 10.4. The molecule has 31 heavy (non-hydrogen) atoms. The van der Waals surface area contributed by atoms with Gasteiger partial charge in [0.1, 0.15) is 9.93 Å². The summed E-state index contributed by atoms with van der Waals surface area (Å²) in [5.74, 6) is -0.743. The number of nitro groups is 1. The van der Waals surface area contributed by atoms with Gasteiger partial charge in [-0.1, -0.05) is 49.5 Å². The predicted octanol–water partition coefficient (Wildman–Crippen LogP) is 6.47. The third-order valence-corrected chi connectivity index (χ3v) is 7.36. The zero-order chi connectivity index (χ0) is 22.8. The minimum Gasteiger partial charge on any atom is -0.288 e. The van der Waals surface area contributed by atoms with E-state index in [0.29, 0.717) is 4.47 Å². The maximum Gasteiger partial charge on any atom is 0.288 e. The van der Waals surface area contributed by atoms with Gasteiger partial charge in [0.15, 0.2) is 0 Å². The zero-order valence-corrected chi connectivity index (χ0v) is 20.2. The number of rotatable bonds is 6. The van der Waals surface area contributed by atoms with E-state index in [2.05, 4.69) is 31.9 Å². The van der Waals surface area contributed by atoms with Crippen molar-refractivity contribution in [3.8, 4) is 0 Å². The second kappa shape index (κ2) is 9.44. The molecule has 0 aliphatic rings. The number of benzene rings is 3. The number of halogens is 3. The summed E-state index contributed by atoms with van der Waals surface area (Å²) < 4.78 is 28.1. The molecule has 0 amide bonds. The number of Topliss-reactive ketones (excluding diaryl/α,β-unsaturated/α-hetero) is 1. The summed E-state index contributed by atoms with van der Waals surface area (Å²) in [6, 6.07) is 15.8. The number of hydrogen-bond donors (Lipinski definition) is 0. The van der Waals surface area contributed by atoms with E-state index in [1.54, 1.807) is 24.3 Å². The number of nitrogens with zero attached hydrogens (tertiary/aromatic N) is 1. The predicted molar refractivity (Wildman–Crippen MR) is 126 cm³/mol. The molecule has 0 aliphatic heterocycles. The standard InChI is InChI=1S/C21H12Br2ClNO5S/c22-15-4-2-14(3-5-15)21(26)20(31(29,30)17-8-6-16(23)7-9-17)12-13-1-10-18(24)19(11-13)25(27)28/h1-12H/b20-12+. The lowest BCUT2D eigenvalue weighted by Crippen LogP contribution is -2.14. The summed E-state index contributed by atoms with van der Waals surface area (Å²) in [5.41, 5.74) is -0.0947. The first-order chi connectivity index (χ1) is 14.6. The highest BCUT2D eigenvalue weighted by atomic mass is 79.9. The molecular formula is C21H12Br2ClNO5S. The molecule has 0 fully saturated rings. The lowest BCUT2D eigenvalue weighted by Gasteiger charge is -2.10.